The van der Waals surface area contributed by atoms with Crippen molar-refractivity contribution in [2.75, 3.05) is 13.2 Å². The molecule has 2 heterocycles. The van der Waals surface area contributed by atoms with Gasteiger partial charge in [-0.1, -0.05) is 17.3 Å². The lowest BCUT2D eigenvalue weighted by Gasteiger charge is -2.21. The van der Waals surface area contributed by atoms with Crippen molar-refractivity contribution in [2.24, 2.45) is 5.92 Å². The van der Waals surface area contributed by atoms with Gasteiger partial charge in [-0.15, -0.1) is 0 Å². The van der Waals surface area contributed by atoms with E-state index in [4.69, 9.17) is 14.0 Å². The number of hydrogen-bond donors (Lipinski definition) is 0. The van der Waals surface area contributed by atoms with Crippen molar-refractivity contribution in [3.63, 3.8) is 0 Å². The van der Waals surface area contributed by atoms with E-state index in [2.05, 4.69) is 5.16 Å². The van der Waals surface area contributed by atoms with Gasteiger partial charge in [0.15, 0.2) is 11.5 Å². The number of carbonyl (C=O) groups excluding carboxylic acids is 1. The van der Waals surface area contributed by atoms with Crippen molar-refractivity contribution < 1.29 is 23.2 Å². The van der Waals surface area contributed by atoms with E-state index in [0.717, 1.165) is 38.0 Å². The number of benzene rings is 1. The summed E-state index contributed by atoms with van der Waals surface area (Å²) in [5, 5.41) is 3.83. The Bertz CT molecular complexity index is 694. The van der Waals surface area contributed by atoms with Gasteiger partial charge in [-0.25, -0.2) is 4.39 Å². The summed E-state index contributed by atoms with van der Waals surface area (Å²) >= 11 is 0. The lowest BCUT2D eigenvalue weighted by molar-refractivity contribution is 0.0618. The number of carbonyl (C=O) groups is 1. The van der Waals surface area contributed by atoms with Crippen LogP contribution in [-0.2, 0) is 22.7 Å². The quantitative estimate of drug-likeness (QED) is 0.677. The molecular weight excluding hydrogens is 325 g/mol. The van der Waals surface area contributed by atoms with Gasteiger partial charge < -0.3 is 14.0 Å². The molecule has 0 unspecified atom stereocenters. The summed E-state index contributed by atoms with van der Waals surface area (Å²) in [4.78, 5) is 12.2. The third kappa shape index (κ3) is 5.47. The van der Waals surface area contributed by atoms with E-state index < -0.39 is 0 Å². The predicted octanol–water partition coefficient (Wildman–Crippen LogP) is 3.92. The maximum Gasteiger partial charge on any atom is 0.184 e. The van der Waals surface area contributed by atoms with E-state index in [1.54, 1.807) is 18.2 Å². The Hall–Kier alpha value is -2.05. The Morgan fingerprint density at radius 2 is 2.08 bits per heavy atom. The second kappa shape index (κ2) is 8.87. The largest absolute Gasteiger partial charge is 0.381 e. The maximum atomic E-state index is 13.1. The molecule has 1 aliphatic heterocycles. The topological polar surface area (TPSA) is 61.6 Å². The fourth-order valence-corrected chi connectivity index (χ4v) is 2.91. The lowest BCUT2D eigenvalue weighted by atomic mass is 9.93. The van der Waals surface area contributed by atoms with Gasteiger partial charge in [-0.05, 0) is 42.9 Å². The molecule has 1 aromatic heterocycles. The Balaban J connectivity index is 1.42. The zero-order chi connectivity index (χ0) is 17.5. The number of Topliss-reactive ketones (excluding diaryl/α,β-unsaturated/α-hetero) is 1. The molecule has 0 N–H and O–H groups in total. The van der Waals surface area contributed by atoms with Crippen LogP contribution < -0.4 is 0 Å². The summed E-state index contributed by atoms with van der Waals surface area (Å²) < 4.78 is 29.0. The molecule has 2 aromatic rings. The van der Waals surface area contributed by atoms with Gasteiger partial charge in [0.05, 0.1) is 6.61 Å². The van der Waals surface area contributed by atoms with Crippen LogP contribution in [0.1, 0.15) is 47.5 Å². The lowest BCUT2D eigenvalue weighted by Crippen LogP contribution is -2.16. The third-order valence-corrected chi connectivity index (χ3v) is 4.37. The maximum absolute atomic E-state index is 13.1. The van der Waals surface area contributed by atoms with E-state index in [-0.39, 0.29) is 24.8 Å². The predicted molar refractivity (Wildman–Crippen MR) is 88.5 cm³/mol. The second-order valence-electron chi connectivity index (χ2n) is 6.32. The molecule has 0 spiro atoms. The molecule has 0 bridgehead atoms. The minimum absolute atomic E-state index is 0.00776. The van der Waals surface area contributed by atoms with Crippen LogP contribution in [0, 0.1) is 11.7 Å². The summed E-state index contributed by atoms with van der Waals surface area (Å²) in [5.74, 6) is 0.745. The average Bonchev–Trinajstić information content (AvgIpc) is 3.10. The van der Waals surface area contributed by atoms with Crippen LogP contribution in [0.15, 0.2) is 34.9 Å². The molecule has 3 rings (SSSR count). The van der Waals surface area contributed by atoms with Gasteiger partial charge in [0, 0.05) is 25.7 Å². The molecule has 134 valence electrons. The molecule has 5 nitrogen and oxygen atoms in total. The first-order chi connectivity index (χ1) is 12.2. The number of ketones is 1. The number of rotatable bonds is 8. The highest BCUT2D eigenvalue weighted by Gasteiger charge is 2.18. The summed E-state index contributed by atoms with van der Waals surface area (Å²) in [7, 11) is 0. The SMILES string of the molecule is O=C(CCC1CCOCC1)c1cc(COCc2cccc(F)c2)on1. The Labute approximate surface area is 146 Å². The molecule has 1 saturated heterocycles. The van der Waals surface area contributed by atoms with Crippen LogP contribution in [0.5, 0.6) is 0 Å². The normalized spacial score (nSPS) is 15.4. The van der Waals surface area contributed by atoms with Gasteiger partial charge in [-0.2, -0.15) is 0 Å². The number of nitrogens with zero attached hydrogens (tertiary/aromatic N) is 1. The summed E-state index contributed by atoms with van der Waals surface area (Å²) in [6, 6.07) is 7.86. The first kappa shape index (κ1) is 17.8. The molecule has 0 aliphatic carbocycles. The zero-order valence-electron chi connectivity index (χ0n) is 14.1. The molecule has 25 heavy (non-hydrogen) atoms. The molecule has 1 aliphatic rings. The number of halogens is 1. The molecular formula is C19H22FNO4. The molecule has 1 aromatic carbocycles. The van der Waals surface area contributed by atoms with Crippen molar-refractivity contribution >= 4 is 5.78 Å². The summed E-state index contributed by atoms with van der Waals surface area (Å²) in [6.07, 6.45) is 3.37. The summed E-state index contributed by atoms with van der Waals surface area (Å²) in [6.45, 7) is 2.04. The molecule has 1 fully saturated rings. The molecule has 0 saturated carbocycles. The molecule has 0 amide bonds. The molecule has 6 heteroatoms. The van der Waals surface area contributed by atoms with Crippen LogP contribution in [0.4, 0.5) is 4.39 Å². The molecule has 0 radical (unpaired) electrons. The highest BCUT2D eigenvalue weighted by Crippen LogP contribution is 2.21. The van der Waals surface area contributed by atoms with Gasteiger partial charge in [-0.3, -0.25) is 4.79 Å². The number of aromatic nitrogens is 1. The monoisotopic (exact) mass is 347 g/mol. The smallest absolute Gasteiger partial charge is 0.184 e. The Morgan fingerprint density at radius 1 is 1.24 bits per heavy atom. The van der Waals surface area contributed by atoms with E-state index in [0.29, 0.717) is 23.8 Å². The number of ether oxygens (including phenoxy) is 2. The highest BCUT2D eigenvalue weighted by atomic mass is 19.1. The van der Waals surface area contributed by atoms with Crippen molar-refractivity contribution in [1.82, 2.24) is 5.16 Å². The van der Waals surface area contributed by atoms with E-state index in [1.165, 1.54) is 12.1 Å². The highest BCUT2D eigenvalue weighted by molar-refractivity contribution is 5.94. The van der Waals surface area contributed by atoms with Crippen LogP contribution in [-0.4, -0.2) is 24.2 Å². The van der Waals surface area contributed by atoms with Crippen molar-refractivity contribution in [3.8, 4) is 0 Å². The van der Waals surface area contributed by atoms with E-state index in [1.807, 2.05) is 0 Å². The van der Waals surface area contributed by atoms with Crippen LogP contribution in [0.3, 0.4) is 0 Å². The van der Waals surface area contributed by atoms with Crippen LogP contribution in [0.2, 0.25) is 0 Å². The average molecular weight is 347 g/mol. The Morgan fingerprint density at radius 3 is 2.88 bits per heavy atom. The third-order valence-electron chi connectivity index (χ3n) is 4.37. The van der Waals surface area contributed by atoms with Crippen molar-refractivity contribution in [2.45, 2.75) is 38.9 Å². The fourth-order valence-electron chi connectivity index (χ4n) is 2.91. The van der Waals surface area contributed by atoms with E-state index in [9.17, 15) is 9.18 Å². The first-order valence-electron chi connectivity index (χ1n) is 8.59. The second-order valence-corrected chi connectivity index (χ2v) is 6.32. The van der Waals surface area contributed by atoms with Gasteiger partial charge >= 0.3 is 0 Å². The van der Waals surface area contributed by atoms with Gasteiger partial charge in [0.1, 0.15) is 18.1 Å². The van der Waals surface area contributed by atoms with Gasteiger partial charge in [0.2, 0.25) is 0 Å². The zero-order valence-corrected chi connectivity index (χ0v) is 14.1. The standard InChI is InChI=1S/C19H22FNO4/c20-16-3-1-2-15(10-16)12-24-13-17-11-18(21-25-17)19(22)5-4-14-6-8-23-9-7-14/h1-3,10-11,14H,4-9,12-13H2. The Kier molecular flexibility index (Phi) is 6.30. The van der Waals surface area contributed by atoms with E-state index >= 15 is 0 Å². The minimum Gasteiger partial charge on any atom is -0.381 e. The van der Waals surface area contributed by atoms with Crippen LogP contribution in [0.25, 0.3) is 0 Å². The number of hydrogen-bond acceptors (Lipinski definition) is 5. The fraction of sp³-hybridized carbons (Fsp3) is 0.474. The first-order valence-corrected chi connectivity index (χ1v) is 8.59. The summed E-state index contributed by atoms with van der Waals surface area (Å²) in [5.41, 5.74) is 1.09. The van der Waals surface area contributed by atoms with Crippen LogP contribution >= 0.6 is 0 Å². The van der Waals surface area contributed by atoms with Gasteiger partial charge in [0.25, 0.3) is 0 Å². The van der Waals surface area contributed by atoms with Crippen molar-refractivity contribution in [3.05, 3.63) is 53.2 Å². The van der Waals surface area contributed by atoms with Crippen molar-refractivity contribution in [1.29, 1.82) is 0 Å². The minimum atomic E-state index is -0.293. The molecule has 0 atom stereocenters.